The number of para-hydroxylation sites is 1. The van der Waals surface area contributed by atoms with Crippen molar-refractivity contribution < 1.29 is 14.6 Å². The minimum absolute atomic E-state index is 0.204. The van der Waals surface area contributed by atoms with Gasteiger partial charge in [0.2, 0.25) is 0 Å². The fourth-order valence-corrected chi connectivity index (χ4v) is 3.81. The maximum atomic E-state index is 10.6. The standard InChI is InChI=1S/C24H25NO3/c1-17-7-3-5-9-21(17)19-13-20-16-25(11-12-28-24(20)22(26)14-19)15-18-8-4-6-10-23(18)27-2/h3-10,13-14,26H,11-12,15-16H2,1-2H3. The third-order valence-electron chi connectivity index (χ3n) is 5.24. The second kappa shape index (κ2) is 7.95. The molecule has 0 saturated heterocycles. The average Bonchev–Trinajstić information content (AvgIpc) is 2.91. The summed E-state index contributed by atoms with van der Waals surface area (Å²) in [6, 6.07) is 20.2. The molecule has 0 fully saturated rings. The van der Waals surface area contributed by atoms with Crippen molar-refractivity contribution in [1.29, 1.82) is 0 Å². The molecule has 0 radical (unpaired) electrons. The van der Waals surface area contributed by atoms with E-state index in [0.717, 1.165) is 41.1 Å². The molecule has 1 aliphatic rings. The zero-order valence-corrected chi connectivity index (χ0v) is 16.3. The van der Waals surface area contributed by atoms with E-state index < -0.39 is 0 Å². The number of hydrogen-bond donors (Lipinski definition) is 1. The van der Waals surface area contributed by atoms with Gasteiger partial charge < -0.3 is 14.6 Å². The van der Waals surface area contributed by atoms with E-state index in [0.29, 0.717) is 18.9 Å². The largest absolute Gasteiger partial charge is 0.504 e. The molecule has 3 aromatic carbocycles. The summed E-state index contributed by atoms with van der Waals surface area (Å²) in [4.78, 5) is 2.32. The number of nitrogens with zero attached hydrogens (tertiary/aromatic N) is 1. The molecule has 0 bridgehead atoms. The van der Waals surface area contributed by atoms with Crippen molar-refractivity contribution in [2.45, 2.75) is 20.0 Å². The average molecular weight is 375 g/mol. The fraction of sp³-hybridized carbons (Fsp3) is 0.250. The zero-order valence-electron chi connectivity index (χ0n) is 16.3. The van der Waals surface area contributed by atoms with Gasteiger partial charge in [0.15, 0.2) is 11.5 Å². The molecule has 0 spiro atoms. The summed E-state index contributed by atoms with van der Waals surface area (Å²) < 4.78 is 11.4. The number of methoxy groups -OCH3 is 1. The molecular formula is C24H25NO3. The number of hydrogen-bond acceptors (Lipinski definition) is 4. The van der Waals surface area contributed by atoms with Crippen molar-refractivity contribution in [2.75, 3.05) is 20.3 Å². The van der Waals surface area contributed by atoms with Crippen molar-refractivity contribution >= 4 is 0 Å². The number of aryl methyl sites for hydroxylation is 1. The Balaban J connectivity index is 1.66. The Hall–Kier alpha value is -2.98. The van der Waals surface area contributed by atoms with Crippen molar-refractivity contribution in [3.05, 3.63) is 77.4 Å². The quantitative estimate of drug-likeness (QED) is 0.713. The second-order valence-electron chi connectivity index (χ2n) is 7.17. The van der Waals surface area contributed by atoms with Crippen LogP contribution >= 0.6 is 0 Å². The van der Waals surface area contributed by atoms with E-state index in [1.807, 2.05) is 30.3 Å². The van der Waals surface area contributed by atoms with Gasteiger partial charge in [0.1, 0.15) is 12.4 Å². The highest BCUT2D eigenvalue weighted by Crippen LogP contribution is 2.38. The lowest BCUT2D eigenvalue weighted by atomic mass is 9.97. The van der Waals surface area contributed by atoms with Gasteiger partial charge in [0.05, 0.1) is 7.11 Å². The summed E-state index contributed by atoms with van der Waals surface area (Å²) in [6.07, 6.45) is 0. The Morgan fingerprint density at radius 3 is 2.68 bits per heavy atom. The molecule has 4 rings (SSSR count). The van der Waals surface area contributed by atoms with E-state index in [1.165, 1.54) is 5.56 Å². The predicted molar refractivity (Wildman–Crippen MR) is 111 cm³/mol. The van der Waals surface area contributed by atoms with E-state index in [-0.39, 0.29) is 5.75 Å². The van der Waals surface area contributed by atoms with Crippen LogP contribution < -0.4 is 9.47 Å². The van der Waals surface area contributed by atoms with Gasteiger partial charge in [-0.2, -0.15) is 0 Å². The van der Waals surface area contributed by atoms with Crippen LogP contribution in [0.5, 0.6) is 17.2 Å². The van der Waals surface area contributed by atoms with Crippen LogP contribution in [0.3, 0.4) is 0 Å². The minimum Gasteiger partial charge on any atom is -0.504 e. The summed E-state index contributed by atoms with van der Waals surface area (Å²) in [5, 5.41) is 10.6. The summed E-state index contributed by atoms with van der Waals surface area (Å²) >= 11 is 0. The number of aromatic hydroxyl groups is 1. The van der Waals surface area contributed by atoms with Crippen molar-refractivity contribution in [2.24, 2.45) is 0 Å². The van der Waals surface area contributed by atoms with E-state index in [2.05, 4.69) is 36.1 Å². The predicted octanol–water partition coefficient (Wildman–Crippen LogP) is 4.77. The van der Waals surface area contributed by atoms with Gasteiger partial charge in [-0.15, -0.1) is 0 Å². The van der Waals surface area contributed by atoms with Crippen LogP contribution in [0.4, 0.5) is 0 Å². The Morgan fingerprint density at radius 2 is 1.86 bits per heavy atom. The Labute approximate surface area is 166 Å². The third kappa shape index (κ3) is 3.69. The lowest BCUT2D eigenvalue weighted by molar-refractivity contribution is 0.215. The third-order valence-corrected chi connectivity index (χ3v) is 5.24. The summed E-state index contributed by atoms with van der Waals surface area (Å²) in [5.41, 5.74) is 5.47. The van der Waals surface area contributed by atoms with E-state index in [1.54, 1.807) is 13.2 Å². The molecule has 144 valence electrons. The van der Waals surface area contributed by atoms with Crippen LogP contribution in [0.25, 0.3) is 11.1 Å². The SMILES string of the molecule is COc1ccccc1CN1CCOc2c(O)cc(-c3ccccc3C)cc2C1. The molecule has 1 N–H and O–H groups in total. The molecule has 0 saturated carbocycles. The van der Waals surface area contributed by atoms with Gasteiger partial charge in [-0.1, -0.05) is 42.5 Å². The summed E-state index contributed by atoms with van der Waals surface area (Å²) in [5.74, 6) is 1.69. The molecule has 1 heterocycles. The number of benzene rings is 3. The lowest BCUT2D eigenvalue weighted by Gasteiger charge is -2.21. The van der Waals surface area contributed by atoms with Gasteiger partial charge in [-0.05, 0) is 41.8 Å². The number of fused-ring (bicyclic) bond motifs is 1. The highest BCUT2D eigenvalue weighted by atomic mass is 16.5. The zero-order chi connectivity index (χ0) is 19.5. The second-order valence-corrected chi connectivity index (χ2v) is 7.17. The number of ether oxygens (including phenoxy) is 2. The molecule has 4 heteroatoms. The summed E-state index contributed by atoms with van der Waals surface area (Å²) in [6.45, 7) is 4.89. The minimum atomic E-state index is 0.204. The molecule has 0 aliphatic carbocycles. The molecule has 0 aromatic heterocycles. The van der Waals surface area contributed by atoms with Crippen molar-refractivity contribution in [3.63, 3.8) is 0 Å². The van der Waals surface area contributed by atoms with E-state index in [9.17, 15) is 5.11 Å². The first-order valence-corrected chi connectivity index (χ1v) is 9.54. The first kappa shape index (κ1) is 18.4. The number of rotatable bonds is 4. The normalized spacial score (nSPS) is 14.1. The van der Waals surface area contributed by atoms with E-state index >= 15 is 0 Å². The van der Waals surface area contributed by atoms with Crippen molar-refractivity contribution in [3.8, 4) is 28.4 Å². The maximum Gasteiger partial charge on any atom is 0.165 e. The number of phenolic OH excluding ortho intramolecular Hbond substituents is 1. The van der Waals surface area contributed by atoms with Gasteiger partial charge in [-0.3, -0.25) is 4.90 Å². The van der Waals surface area contributed by atoms with Crippen LogP contribution in [0.15, 0.2) is 60.7 Å². The van der Waals surface area contributed by atoms with Crippen molar-refractivity contribution in [1.82, 2.24) is 4.90 Å². The first-order valence-electron chi connectivity index (χ1n) is 9.54. The molecule has 0 atom stereocenters. The van der Waals surface area contributed by atoms with Crippen LogP contribution in [0, 0.1) is 6.92 Å². The molecule has 0 unspecified atom stereocenters. The Bertz CT molecular complexity index is 983. The summed E-state index contributed by atoms with van der Waals surface area (Å²) in [7, 11) is 1.70. The Kier molecular flexibility index (Phi) is 5.22. The van der Waals surface area contributed by atoms with Gasteiger partial charge in [0.25, 0.3) is 0 Å². The molecular weight excluding hydrogens is 350 g/mol. The topological polar surface area (TPSA) is 41.9 Å². The van der Waals surface area contributed by atoms with Crippen LogP contribution in [0.1, 0.15) is 16.7 Å². The van der Waals surface area contributed by atoms with Crippen LogP contribution in [0.2, 0.25) is 0 Å². The van der Waals surface area contributed by atoms with E-state index in [4.69, 9.17) is 9.47 Å². The Morgan fingerprint density at radius 1 is 1.07 bits per heavy atom. The highest BCUT2D eigenvalue weighted by molar-refractivity contribution is 5.71. The monoisotopic (exact) mass is 375 g/mol. The fourth-order valence-electron chi connectivity index (χ4n) is 3.81. The molecule has 4 nitrogen and oxygen atoms in total. The van der Waals surface area contributed by atoms with Gasteiger partial charge >= 0.3 is 0 Å². The molecule has 3 aromatic rings. The maximum absolute atomic E-state index is 10.6. The van der Waals surface area contributed by atoms with Crippen LogP contribution in [-0.2, 0) is 13.1 Å². The first-order chi connectivity index (χ1) is 13.7. The lowest BCUT2D eigenvalue weighted by Crippen LogP contribution is -2.25. The van der Waals surface area contributed by atoms with Gasteiger partial charge in [0, 0.05) is 30.8 Å². The smallest absolute Gasteiger partial charge is 0.165 e. The molecule has 28 heavy (non-hydrogen) atoms. The molecule has 1 aliphatic heterocycles. The highest BCUT2D eigenvalue weighted by Gasteiger charge is 2.21. The van der Waals surface area contributed by atoms with Gasteiger partial charge in [-0.25, -0.2) is 0 Å². The molecule has 0 amide bonds. The van der Waals surface area contributed by atoms with Crippen LogP contribution in [-0.4, -0.2) is 30.3 Å². The number of phenols is 1.